The quantitative estimate of drug-likeness (QED) is 0.557. The number of thiophene rings is 1. The van der Waals surface area contributed by atoms with E-state index in [1.165, 1.54) is 4.88 Å². The molecule has 0 atom stereocenters. The maximum atomic E-state index is 10.3. The molecule has 0 aliphatic rings. The van der Waals surface area contributed by atoms with Crippen molar-refractivity contribution >= 4 is 23.6 Å². The van der Waals surface area contributed by atoms with Gasteiger partial charge >= 0.3 is 6.03 Å². The normalized spacial score (nSPS) is 10.5. The number of urea groups is 1. The highest BCUT2D eigenvalue weighted by Crippen LogP contribution is 2.12. The van der Waals surface area contributed by atoms with Crippen molar-refractivity contribution in [1.82, 2.24) is 5.43 Å². The van der Waals surface area contributed by atoms with E-state index in [4.69, 9.17) is 5.73 Å². The number of rotatable bonds is 3. The topological polar surface area (TPSA) is 67.5 Å². The number of nitrogens with one attached hydrogen (secondary N) is 1. The number of carbonyl (C=O) groups is 1. The molecule has 1 aromatic rings. The molecule has 70 valence electrons. The molecule has 4 nitrogen and oxygen atoms in total. The molecular weight excluding hydrogens is 186 g/mol. The number of hydrogen-bond donors (Lipinski definition) is 2. The first-order valence-electron chi connectivity index (χ1n) is 3.88. The fraction of sp³-hybridized carbons (Fsp3) is 0.250. The first-order valence-corrected chi connectivity index (χ1v) is 4.76. The predicted octanol–water partition coefficient (Wildman–Crippen LogP) is 1.31. The first-order chi connectivity index (χ1) is 6.22. The Bertz CT molecular complexity index is 319. The van der Waals surface area contributed by atoms with Crippen molar-refractivity contribution in [2.75, 3.05) is 0 Å². The van der Waals surface area contributed by atoms with Gasteiger partial charge in [-0.05, 0) is 17.9 Å². The van der Waals surface area contributed by atoms with Crippen LogP contribution < -0.4 is 11.2 Å². The lowest BCUT2D eigenvalue weighted by atomic mass is 10.3. The molecule has 0 spiro atoms. The monoisotopic (exact) mass is 197 g/mol. The number of nitrogens with zero attached hydrogens (tertiary/aromatic N) is 1. The second-order valence-electron chi connectivity index (χ2n) is 2.43. The van der Waals surface area contributed by atoms with E-state index in [9.17, 15) is 4.79 Å². The fourth-order valence-corrected chi connectivity index (χ4v) is 1.61. The second kappa shape index (κ2) is 4.61. The summed E-state index contributed by atoms with van der Waals surface area (Å²) >= 11 is 1.67. The van der Waals surface area contributed by atoms with E-state index >= 15 is 0 Å². The Hall–Kier alpha value is -1.36. The summed E-state index contributed by atoms with van der Waals surface area (Å²) in [6.45, 7) is 2.09. The largest absolute Gasteiger partial charge is 0.350 e. The van der Waals surface area contributed by atoms with E-state index in [2.05, 4.69) is 17.5 Å². The van der Waals surface area contributed by atoms with Crippen LogP contribution in [0, 0.1) is 0 Å². The SMILES string of the molecule is CCc1cc(C=NNC(N)=O)cs1. The summed E-state index contributed by atoms with van der Waals surface area (Å²) in [5.41, 5.74) is 7.94. The molecule has 0 aromatic carbocycles. The molecule has 0 bridgehead atoms. The summed E-state index contributed by atoms with van der Waals surface area (Å²) < 4.78 is 0. The third-order valence-corrected chi connectivity index (χ3v) is 2.51. The fourth-order valence-electron chi connectivity index (χ4n) is 0.821. The maximum Gasteiger partial charge on any atom is 0.332 e. The molecule has 0 unspecified atom stereocenters. The predicted molar refractivity (Wildman–Crippen MR) is 54.0 cm³/mol. The van der Waals surface area contributed by atoms with E-state index in [1.807, 2.05) is 11.4 Å². The van der Waals surface area contributed by atoms with Gasteiger partial charge < -0.3 is 5.73 Å². The zero-order chi connectivity index (χ0) is 9.68. The first kappa shape index (κ1) is 9.73. The Labute approximate surface area is 80.4 Å². The molecule has 0 fully saturated rings. The highest BCUT2D eigenvalue weighted by Gasteiger charge is 1.94. The molecule has 0 saturated heterocycles. The van der Waals surface area contributed by atoms with Crippen LogP contribution in [0.1, 0.15) is 17.4 Å². The van der Waals surface area contributed by atoms with Crippen molar-refractivity contribution in [3.05, 3.63) is 21.9 Å². The number of amides is 2. The van der Waals surface area contributed by atoms with Gasteiger partial charge in [0.1, 0.15) is 0 Å². The Morgan fingerprint density at radius 1 is 1.85 bits per heavy atom. The van der Waals surface area contributed by atoms with Gasteiger partial charge in [0, 0.05) is 10.4 Å². The lowest BCUT2D eigenvalue weighted by Gasteiger charge is -1.88. The number of hydrogen-bond acceptors (Lipinski definition) is 3. The highest BCUT2D eigenvalue weighted by molar-refractivity contribution is 7.10. The standard InChI is InChI=1S/C8H11N3OS/c1-2-7-3-6(5-13-7)4-10-11-8(9)12/h3-5H,2H2,1H3,(H3,9,11,12). The Morgan fingerprint density at radius 3 is 3.15 bits per heavy atom. The van der Waals surface area contributed by atoms with Gasteiger partial charge in [-0.25, -0.2) is 10.2 Å². The van der Waals surface area contributed by atoms with Crippen LogP contribution in [0.4, 0.5) is 4.79 Å². The van der Waals surface area contributed by atoms with Gasteiger partial charge in [-0.3, -0.25) is 0 Å². The van der Waals surface area contributed by atoms with Gasteiger partial charge in [-0.1, -0.05) is 6.92 Å². The van der Waals surface area contributed by atoms with E-state index in [-0.39, 0.29) is 0 Å². The van der Waals surface area contributed by atoms with Crippen molar-refractivity contribution in [2.45, 2.75) is 13.3 Å². The summed E-state index contributed by atoms with van der Waals surface area (Å²) in [4.78, 5) is 11.5. The lowest BCUT2D eigenvalue weighted by molar-refractivity contribution is 0.249. The molecule has 0 aliphatic carbocycles. The number of carbonyl (C=O) groups excluding carboxylic acids is 1. The molecule has 1 rings (SSSR count). The van der Waals surface area contributed by atoms with Crippen LogP contribution in [0.3, 0.4) is 0 Å². The van der Waals surface area contributed by atoms with Crippen LogP contribution in [-0.2, 0) is 6.42 Å². The number of nitrogens with two attached hydrogens (primary N) is 1. The summed E-state index contributed by atoms with van der Waals surface area (Å²) in [7, 11) is 0. The smallest absolute Gasteiger partial charge is 0.332 e. The second-order valence-corrected chi connectivity index (χ2v) is 3.43. The van der Waals surface area contributed by atoms with Crippen molar-refractivity contribution in [3.8, 4) is 0 Å². The van der Waals surface area contributed by atoms with Gasteiger partial charge in [-0.2, -0.15) is 5.10 Å². The number of primary amides is 1. The summed E-state index contributed by atoms with van der Waals surface area (Å²) in [5, 5.41) is 5.62. The van der Waals surface area contributed by atoms with Crippen molar-refractivity contribution in [1.29, 1.82) is 0 Å². The summed E-state index contributed by atoms with van der Waals surface area (Å²) in [6.07, 6.45) is 2.59. The van der Waals surface area contributed by atoms with Crippen LogP contribution >= 0.6 is 11.3 Å². The molecule has 1 heterocycles. The Morgan fingerprint density at radius 2 is 2.62 bits per heavy atom. The van der Waals surface area contributed by atoms with Crippen LogP contribution in [0.2, 0.25) is 0 Å². The highest BCUT2D eigenvalue weighted by atomic mass is 32.1. The van der Waals surface area contributed by atoms with Crippen molar-refractivity contribution in [3.63, 3.8) is 0 Å². The number of hydrazone groups is 1. The molecule has 3 N–H and O–H groups in total. The summed E-state index contributed by atoms with van der Waals surface area (Å²) in [6, 6.07) is 1.37. The minimum Gasteiger partial charge on any atom is -0.350 e. The lowest BCUT2D eigenvalue weighted by Crippen LogP contribution is -2.24. The Kier molecular flexibility index (Phi) is 3.45. The van der Waals surface area contributed by atoms with E-state index < -0.39 is 6.03 Å². The van der Waals surface area contributed by atoms with Crippen LogP contribution in [-0.4, -0.2) is 12.2 Å². The maximum absolute atomic E-state index is 10.3. The van der Waals surface area contributed by atoms with Crippen LogP contribution in [0.25, 0.3) is 0 Å². The van der Waals surface area contributed by atoms with Gasteiger partial charge in [-0.15, -0.1) is 11.3 Å². The van der Waals surface area contributed by atoms with Gasteiger partial charge in [0.2, 0.25) is 0 Å². The van der Waals surface area contributed by atoms with Gasteiger partial charge in [0.25, 0.3) is 0 Å². The molecule has 1 aromatic heterocycles. The van der Waals surface area contributed by atoms with Gasteiger partial charge in [0.15, 0.2) is 0 Å². The van der Waals surface area contributed by atoms with Crippen molar-refractivity contribution in [2.24, 2.45) is 10.8 Å². The third kappa shape index (κ3) is 3.25. The van der Waals surface area contributed by atoms with Crippen LogP contribution in [0.15, 0.2) is 16.5 Å². The molecule has 0 saturated carbocycles. The van der Waals surface area contributed by atoms with Crippen molar-refractivity contribution < 1.29 is 4.79 Å². The van der Waals surface area contributed by atoms with E-state index in [0.29, 0.717) is 0 Å². The summed E-state index contributed by atoms with van der Waals surface area (Å²) in [5.74, 6) is 0. The molecular formula is C8H11N3OS. The van der Waals surface area contributed by atoms with E-state index in [0.717, 1.165) is 12.0 Å². The third-order valence-electron chi connectivity index (χ3n) is 1.41. The molecule has 0 aliphatic heterocycles. The van der Waals surface area contributed by atoms with E-state index in [1.54, 1.807) is 17.6 Å². The zero-order valence-electron chi connectivity index (χ0n) is 7.28. The van der Waals surface area contributed by atoms with Crippen LogP contribution in [0.5, 0.6) is 0 Å². The Balaban J connectivity index is 2.53. The minimum atomic E-state index is -0.651. The molecule has 0 radical (unpaired) electrons. The zero-order valence-corrected chi connectivity index (χ0v) is 8.10. The van der Waals surface area contributed by atoms with Gasteiger partial charge in [0.05, 0.1) is 6.21 Å². The molecule has 13 heavy (non-hydrogen) atoms. The average molecular weight is 197 g/mol. The molecule has 5 heteroatoms. The average Bonchev–Trinajstić information content (AvgIpc) is 2.52. The number of aryl methyl sites for hydroxylation is 1. The molecule has 2 amide bonds. The minimum absolute atomic E-state index is 0.651.